The first-order valence-electron chi connectivity index (χ1n) is 5.46. The molecule has 3 nitrogen and oxygen atoms in total. The zero-order valence-electron chi connectivity index (χ0n) is 9.65. The van der Waals surface area contributed by atoms with Crippen LogP contribution in [-0.4, -0.2) is 12.4 Å². The van der Waals surface area contributed by atoms with Crippen molar-refractivity contribution in [3.05, 3.63) is 52.0 Å². The molecular weight excluding hydrogens is 251 g/mol. The first-order valence-corrected chi connectivity index (χ1v) is 6.34. The van der Waals surface area contributed by atoms with Gasteiger partial charge in [-0.3, -0.25) is 5.41 Å². The van der Waals surface area contributed by atoms with E-state index in [1.807, 2.05) is 17.5 Å². The lowest BCUT2D eigenvalue weighted by Crippen LogP contribution is -2.14. The predicted octanol–water partition coefficient (Wildman–Crippen LogP) is 2.79. The van der Waals surface area contributed by atoms with Crippen molar-refractivity contribution in [2.75, 3.05) is 6.61 Å². The van der Waals surface area contributed by atoms with Gasteiger partial charge in [0.25, 0.3) is 0 Å². The second-order valence-corrected chi connectivity index (χ2v) is 4.76. The second kappa shape index (κ2) is 5.64. The number of nitrogens with one attached hydrogen (secondary N) is 1. The molecular formula is C13H13FN2OS. The van der Waals surface area contributed by atoms with Crippen LogP contribution < -0.4 is 10.5 Å². The highest BCUT2D eigenvalue weighted by molar-refractivity contribution is 7.09. The van der Waals surface area contributed by atoms with Gasteiger partial charge in [-0.15, -0.1) is 11.3 Å². The van der Waals surface area contributed by atoms with Gasteiger partial charge in [0, 0.05) is 11.3 Å². The van der Waals surface area contributed by atoms with Crippen LogP contribution in [0.5, 0.6) is 5.75 Å². The first kappa shape index (κ1) is 12.6. The summed E-state index contributed by atoms with van der Waals surface area (Å²) < 4.78 is 18.6. The van der Waals surface area contributed by atoms with E-state index in [2.05, 4.69) is 0 Å². The third-order valence-electron chi connectivity index (χ3n) is 2.42. The Morgan fingerprint density at radius 2 is 2.22 bits per heavy atom. The molecule has 0 saturated carbocycles. The van der Waals surface area contributed by atoms with Gasteiger partial charge in [-0.2, -0.15) is 0 Å². The van der Waals surface area contributed by atoms with Crippen molar-refractivity contribution in [2.45, 2.75) is 6.42 Å². The average Bonchev–Trinajstić information content (AvgIpc) is 2.84. The molecule has 0 spiro atoms. The molecule has 0 amide bonds. The number of nitrogens with two attached hydrogens (primary N) is 1. The molecule has 0 radical (unpaired) electrons. The van der Waals surface area contributed by atoms with Crippen molar-refractivity contribution in [3.63, 3.8) is 0 Å². The van der Waals surface area contributed by atoms with Gasteiger partial charge in [-0.05, 0) is 29.6 Å². The monoisotopic (exact) mass is 264 g/mol. The summed E-state index contributed by atoms with van der Waals surface area (Å²) in [5.41, 5.74) is 5.68. The SMILES string of the molecule is N=C(N)c1cc(F)ccc1OCCc1cccs1. The Balaban J connectivity index is 2.02. The van der Waals surface area contributed by atoms with Gasteiger partial charge in [0.15, 0.2) is 0 Å². The molecule has 1 heterocycles. The van der Waals surface area contributed by atoms with Crippen LogP contribution in [0.3, 0.4) is 0 Å². The van der Waals surface area contributed by atoms with Crippen molar-refractivity contribution in [1.82, 2.24) is 0 Å². The van der Waals surface area contributed by atoms with Crippen molar-refractivity contribution in [1.29, 1.82) is 5.41 Å². The molecule has 3 N–H and O–H groups in total. The minimum Gasteiger partial charge on any atom is -0.492 e. The Kier molecular flexibility index (Phi) is 3.94. The summed E-state index contributed by atoms with van der Waals surface area (Å²) in [6, 6.07) is 8.03. The van der Waals surface area contributed by atoms with E-state index in [9.17, 15) is 4.39 Å². The number of nitrogen functional groups attached to an aromatic ring is 1. The number of rotatable bonds is 5. The normalized spacial score (nSPS) is 10.3. The zero-order valence-corrected chi connectivity index (χ0v) is 10.5. The van der Waals surface area contributed by atoms with Crippen molar-refractivity contribution in [3.8, 4) is 5.75 Å². The summed E-state index contributed by atoms with van der Waals surface area (Å²) in [7, 11) is 0. The largest absolute Gasteiger partial charge is 0.492 e. The first-order chi connectivity index (χ1) is 8.66. The maximum atomic E-state index is 13.0. The summed E-state index contributed by atoms with van der Waals surface area (Å²) in [4.78, 5) is 1.22. The highest BCUT2D eigenvalue weighted by atomic mass is 32.1. The number of halogens is 1. The van der Waals surface area contributed by atoms with Crippen LogP contribution in [0.2, 0.25) is 0 Å². The third kappa shape index (κ3) is 3.07. The molecule has 0 aliphatic rings. The second-order valence-electron chi connectivity index (χ2n) is 3.73. The molecule has 18 heavy (non-hydrogen) atoms. The molecule has 1 aromatic carbocycles. The highest BCUT2D eigenvalue weighted by Gasteiger charge is 2.08. The van der Waals surface area contributed by atoms with Crippen molar-refractivity contribution in [2.24, 2.45) is 5.73 Å². The van der Waals surface area contributed by atoms with E-state index in [0.29, 0.717) is 17.9 Å². The Morgan fingerprint density at radius 3 is 2.89 bits per heavy atom. The summed E-state index contributed by atoms with van der Waals surface area (Å²) in [6.07, 6.45) is 0.784. The van der Waals surface area contributed by atoms with Gasteiger partial charge in [0.05, 0.1) is 12.2 Å². The Bertz CT molecular complexity index is 540. The number of hydrogen-bond donors (Lipinski definition) is 2. The van der Waals surface area contributed by atoms with Gasteiger partial charge in [0.1, 0.15) is 17.4 Å². The van der Waals surface area contributed by atoms with Crippen LogP contribution >= 0.6 is 11.3 Å². The van der Waals surface area contributed by atoms with Crippen LogP contribution in [0.25, 0.3) is 0 Å². The number of ether oxygens (including phenoxy) is 1. The van der Waals surface area contributed by atoms with Crippen LogP contribution in [0.15, 0.2) is 35.7 Å². The Hall–Kier alpha value is -1.88. The lowest BCUT2D eigenvalue weighted by Gasteiger charge is -2.10. The molecule has 5 heteroatoms. The molecule has 0 saturated heterocycles. The number of amidine groups is 1. The lowest BCUT2D eigenvalue weighted by molar-refractivity contribution is 0.322. The maximum absolute atomic E-state index is 13.0. The van der Waals surface area contributed by atoms with Gasteiger partial charge < -0.3 is 10.5 Å². The van der Waals surface area contributed by atoms with Gasteiger partial charge in [-0.25, -0.2) is 4.39 Å². The quantitative estimate of drug-likeness (QED) is 0.644. The molecule has 2 aromatic rings. The van der Waals surface area contributed by atoms with Crippen molar-refractivity contribution < 1.29 is 9.13 Å². The Labute approximate surface area is 109 Å². The minimum atomic E-state index is -0.425. The summed E-state index contributed by atoms with van der Waals surface area (Å²) in [5.74, 6) is -0.174. The zero-order chi connectivity index (χ0) is 13.0. The summed E-state index contributed by atoms with van der Waals surface area (Å²) in [6.45, 7) is 0.479. The standard InChI is InChI=1S/C13H13FN2OS/c14-9-3-4-12(11(8-9)13(15)16)17-6-5-10-2-1-7-18-10/h1-4,7-8H,5-6H2,(H3,15,16). The van der Waals surface area contributed by atoms with Crippen molar-refractivity contribution >= 4 is 17.2 Å². The molecule has 94 valence electrons. The fourth-order valence-electron chi connectivity index (χ4n) is 1.55. The summed E-state index contributed by atoms with van der Waals surface area (Å²) in [5, 5.41) is 9.39. The number of thiophene rings is 1. The molecule has 2 rings (SSSR count). The number of hydrogen-bond acceptors (Lipinski definition) is 3. The van der Waals surface area contributed by atoms with E-state index in [1.54, 1.807) is 11.3 Å². The van der Waals surface area contributed by atoms with Crippen LogP contribution in [0.1, 0.15) is 10.4 Å². The topological polar surface area (TPSA) is 59.1 Å². The van der Waals surface area contributed by atoms with Crippen LogP contribution in [0, 0.1) is 11.2 Å². The molecule has 0 bridgehead atoms. The lowest BCUT2D eigenvalue weighted by atomic mass is 10.2. The molecule has 0 aliphatic heterocycles. The molecule has 1 aromatic heterocycles. The van der Waals surface area contributed by atoms with E-state index < -0.39 is 5.82 Å². The van der Waals surface area contributed by atoms with E-state index >= 15 is 0 Å². The van der Waals surface area contributed by atoms with E-state index in [-0.39, 0.29) is 5.84 Å². The molecule has 0 aliphatic carbocycles. The molecule has 0 unspecified atom stereocenters. The summed E-state index contributed by atoms with van der Waals surface area (Å²) >= 11 is 1.66. The Morgan fingerprint density at radius 1 is 1.39 bits per heavy atom. The fourth-order valence-corrected chi connectivity index (χ4v) is 2.25. The number of benzene rings is 1. The van der Waals surface area contributed by atoms with Crippen LogP contribution in [0.4, 0.5) is 4.39 Å². The smallest absolute Gasteiger partial charge is 0.130 e. The van der Waals surface area contributed by atoms with E-state index in [0.717, 1.165) is 6.42 Å². The fraction of sp³-hybridized carbons (Fsp3) is 0.154. The molecule has 0 fully saturated rings. The maximum Gasteiger partial charge on any atom is 0.130 e. The predicted molar refractivity (Wildman–Crippen MR) is 70.9 cm³/mol. The molecule has 0 atom stereocenters. The van der Waals surface area contributed by atoms with E-state index in [1.165, 1.54) is 23.1 Å². The minimum absolute atomic E-state index is 0.194. The third-order valence-corrected chi connectivity index (χ3v) is 3.35. The van der Waals surface area contributed by atoms with Gasteiger partial charge >= 0.3 is 0 Å². The van der Waals surface area contributed by atoms with E-state index in [4.69, 9.17) is 15.9 Å². The van der Waals surface area contributed by atoms with Gasteiger partial charge in [0.2, 0.25) is 0 Å². The highest BCUT2D eigenvalue weighted by Crippen LogP contribution is 2.20. The average molecular weight is 264 g/mol. The van der Waals surface area contributed by atoms with Crippen LogP contribution in [-0.2, 0) is 6.42 Å². The van der Waals surface area contributed by atoms with Gasteiger partial charge in [-0.1, -0.05) is 6.07 Å².